The Morgan fingerprint density at radius 2 is 2.31 bits per heavy atom. The van der Waals surface area contributed by atoms with Crippen LogP contribution in [0.25, 0.3) is 11.6 Å². The van der Waals surface area contributed by atoms with Gasteiger partial charge in [-0.15, -0.1) is 0 Å². The number of furan rings is 1. The number of carbonyl (C=O) groups is 1. The van der Waals surface area contributed by atoms with Gasteiger partial charge in [0.15, 0.2) is 11.6 Å². The number of rotatable bonds is 2. The predicted molar refractivity (Wildman–Crippen MR) is 54.3 cm³/mol. The molecule has 0 amide bonds. The van der Waals surface area contributed by atoms with Crippen LogP contribution in [0.3, 0.4) is 0 Å². The standard InChI is InChI=1S/C10H8N2O4/c1-5-2-3-16-7(5)8-11-4-6(10(14)15)9(13)12-8/h2-4H,1H3,(H,14,15)(H,11,12,13). The van der Waals surface area contributed by atoms with Crippen LogP contribution in [0, 0.1) is 6.92 Å². The minimum atomic E-state index is -1.31. The van der Waals surface area contributed by atoms with E-state index in [1.165, 1.54) is 6.26 Å². The van der Waals surface area contributed by atoms with Gasteiger partial charge in [0.05, 0.1) is 6.26 Å². The highest BCUT2D eigenvalue weighted by molar-refractivity contribution is 5.86. The highest BCUT2D eigenvalue weighted by atomic mass is 16.4. The maximum Gasteiger partial charge on any atom is 0.342 e. The van der Waals surface area contributed by atoms with Gasteiger partial charge >= 0.3 is 5.97 Å². The van der Waals surface area contributed by atoms with E-state index in [1.807, 2.05) is 0 Å². The molecule has 6 nitrogen and oxygen atoms in total. The molecule has 0 fully saturated rings. The Morgan fingerprint density at radius 3 is 2.81 bits per heavy atom. The maximum absolute atomic E-state index is 11.4. The van der Waals surface area contributed by atoms with Crippen LogP contribution in [-0.2, 0) is 0 Å². The Labute approximate surface area is 89.6 Å². The number of aromatic nitrogens is 2. The Balaban J connectivity index is 2.55. The van der Waals surface area contributed by atoms with Crippen LogP contribution in [0.2, 0.25) is 0 Å². The lowest BCUT2D eigenvalue weighted by molar-refractivity contribution is 0.0694. The van der Waals surface area contributed by atoms with Crippen molar-refractivity contribution in [3.8, 4) is 11.6 Å². The van der Waals surface area contributed by atoms with E-state index < -0.39 is 17.1 Å². The molecule has 6 heteroatoms. The molecule has 2 rings (SSSR count). The summed E-state index contributed by atoms with van der Waals surface area (Å²) in [6, 6.07) is 1.72. The zero-order valence-electron chi connectivity index (χ0n) is 8.35. The van der Waals surface area contributed by atoms with Gasteiger partial charge in [-0.2, -0.15) is 0 Å². The summed E-state index contributed by atoms with van der Waals surface area (Å²) < 4.78 is 5.13. The number of nitrogens with zero attached hydrogens (tertiary/aromatic N) is 1. The second kappa shape index (κ2) is 3.65. The van der Waals surface area contributed by atoms with Crippen LogP contribution in [0.15, 0.2) is 27.7 Å². The van der Waals surface area contributed by atoms with Gasteiger partial charge in [-0.05, 0) is 18.6 Å². The van der Waals surface area contributed by atoms with Crippen LogP contribution in [0.1, 0.15) is 15.9 Å². The minimum Gasteiger partial charge on any atom is -0.477 e. The molecule has 82 valence electrons. The first-order valence-electron chi connectivity index (χ1n) is 4.46. The zero-order valence-corrected chi connectivity index (χ0v) is 8.35. The molecule has 0 saturated heterocycles. The number of H-pyrrole nitrogens is 1. The SMILES string of the molecule is Cc1ccoc1-c1ncc(C(=O)O)c(=O)[nH]1. The third kappa shape index (κ3) is 1.60. The van der Waals surface area contributed by atoms with E-state index in [2.05, 4.69) is 9.97 Å². The summed E-state index contributed by atoms with van der Waals surface area (Å²) in [7, 11) is 0. The zero-order chi connectivity index (χ0) is 11.7. The van der Waals surface area contributed by atoms with Crippen molar-refractivity contribution in [2.24, 2.45) is 0 Å². The second-order valence-corrected chi connectivity index (χ2v) is 3.21. The fourth-order valence-corrected chi connectivity index (χ4v) is 1.28. The molecule has 2 N–H and O–H groups in total. The van der Waals surface area contributed by atoms with Crippen molar-refractivity contribution in [2.75, 3.05) is 0 Å². The van der Waals surface area contributed by atoms with Crippen molar-refractivity contribution in [3.63, 3.8) is 0 Å². The van der Waals surface area contributed by atoms with Gasteiger partial charge in [-0.25, -0.2) is 9.78 Å². The normalized spacial score (nSPS) is 10.3. The van der Waals surface area contributed by atoms with Crippen molar-refractivity contribution < 1.29 is 14.3 Å². The topological polar surface area (TPSA) is 96.2 Å². The van der Waals surface area contributed by atoms with E-state index in [0.717, 1.165) is 11.8 Å². The van der Waals surface area contributed by atoms with Crippen LogP contribution >= 0.6 is 0 Å². The smallest absolute Gasteiger partial charge is 0.342 e. The quantitative estimate of drug-likeness (QED) is 0.788. The van der Waals surface area contributed by atoms with Crippen molar-refractivity contribution >= 4 is 5.97 Å². The largest absolute Gasteiger partial charge is 0.477 e. The first kappa shape index (κ1) is 10.2. The molecule has 0 radical (unpaired) electrons. The Hall–Kier alpha value is -2.37. The van der Waals surface area contributed by atoms with Crippen LogP contribution in [0.5, 0.6) is 0 Å². The number of aryl methyl sites for hydroxylation is 1. The molecule has 0 unspecified atom stereocenters. The van der Waals surface area contributed by atoms with E-state index >= 15 is 0 Å². The Bertz CT molecular complexity index is 597. The average molecular weight is 220 g/mol. The molecule has 2 heterocycles. The molecule has 0 atom stereocenters. The molecule has 0 aliphatic rings. The van der Waals surface area contributed by atoms with E-state index in [0.29, 0.717) is 5.76 Å². The molecule has 0 spiro atoms. The summed E-state index contributed by atoms with van der Waals surface area (Å²) in [5.41, 5.74) is -0.285. The number of nitrogens with one attached hydrogen (secondary N) is 1. The summed E-state index contributed by atoms with van der Waals surface area (Å²) in [5, 5.41) is 8.66. The molecular weight excluding hydrogens is 212 g/mol. The lowest BCUT2D eigenvalue weighted by Gasteiger charge is -1.98. The molecule has 0 aromatic carbocycles. The van der Waals surface area contributed by atoms with Gasteiger partial charge in [-0.1, -0.05) is 0 Å². The number of hydrogen-bond acceptors (Lipinski definition) is 4. The van der Waals surface area contributed by atoms with Gasteiger partial charge in [0.1, 0.15) is 5.56 Å². The highest BCUT2D eigenvalue weighted by Crippen LogP contribution is 2.18. The van der Waals surface area contributed by atoms with E-state index in [4.69, 9.17) is 9.52 Å². The summed E-state index contributed by atoms with van der Waals surface area (Å²) in [5.74, 6) is -0.664. The summed E-state index contributed by atoms with van der Waals surface area (Å²) in [6.07, 6.45) is 2.48. The first-order valence-corrected chi connectivity index (χ1v) is 4.46. The molecule has 0 bridgehead atoms. The molecular formula is C10H8N2O4. The fourth-order valence-electron chi connectivity index (χ4n) is 1.28. The van der Waals surface area contributed by atoms with Crippen molar-refractivity contribution in [1.82, 2.24) is 9.97 Å². The van der Waals surface area contributed by atoms with Crippen molar-refractivity contribution in [1.29, 1.82) is 0 Å². The predicted octanol–water partition coefficient (Wildman–Crippen LogP) is 1.04. The summed E-state index contributed by atoms with van der Waals surface area (Å²) in [6.45, 7) is 1.80. The fraction of sp³-hybridized carbons (Fsp3) is 0.100. The van der Waals surface area contributed by atoms with Crippen LogP contribution in [0.4, 0.5) is 0 Å². The van der Waals surface area contributed by atoms with Gasteiger partial charge in [0, 0.05) is 6.20 Å². The number of carboxylic acid groups (broad SMARTS) is 1. The number of carboxylic acids is 1. The van der Waals surface area contributed by atoms with Crippen molar-refractivity contribution in [3.05, 3.63) is 40.0 Å². The van der Waals surface area contributed by atoms with Gasteiger partial charge in [-0.3, -0.25) is 4.79 Å². The third-order valence-corrected chi connectivity index (χ3v) is 2.11. The van der Waals surface area contributed by atoms with Gasteiger partial charge in [0.25, 0.3) is 5.56 Å². The lowest BCUT2D eigenvalue weighted by atomic mass is 10.2. The maximum atomic E-state index is 11.4. The van der Waals surface area contributed by atoms with Gasteiger partial charge < -0.3 is 14.5 Å². The van der Waals surface area contributed by atoms with E-state index in [1.54, 1.807) is 13.0 Å². The van der Waals surface area contributed by atoms with Gasteiger partial charge in [0.2, 0.25) is 0 Å². The Morgan fingerprint density at radius 1 is 1.56 bits per heavy atom. The Kier molecular flexibility index (Phi) is 2.32. The van der Waals surface area contributed by atoms with E-state index in [-0.39, 0.29) is 5.82 Å². The monoisotopic (exact) mass is 220 g/mol. The highest BCUT2D eigenvalue weighted by Gasteiger charge is 2.13. The number of aromatic amines is 1. The number of aromatic carboxylic acids is 1. The summed E-state index contributed by atoms with van der Waals surface area (Å²) >= 11 is 0. The molecule has 2 aromatic rings. The molecule has 0 saturated carbocycles. The number of hydrogen-bond donors (Lipinski definition) is 2. The second-order valence-electron chi connectivity index (χ2n) is 3.21. The van der Waals surface area contributed by atoms with Crippen LogP contribution < -0.4 is 5.56 Å². The van der Waals surface area contributed by atoms with E-state index in [9.17, 15) is 9.59 Å². The molecule has 2 aromatic heterocycles. The van der Waals surface area contributed by atoms with Crippen molar-refractivity contribution in [2.45, 2.75) is 6.92 Å². The third-order valence-electron chi connectivity index (χ3n) is 2.11. The summed E-state index contributed by atoms with van der Waals surface area (Å²) in [4.78, 5) is 28.2. The average Bonchev–Trinajstić information content (AvgIpc) is 2.63. The molecule has 0 aliphatic carbocycles. The first-order chi connectivity index (χ1) is 7.59. The van der Waals surface area contributed by atoms with Crippen LogP contribution in [-0.4, -0.2) is 21.0 Å². The molecule has 0 aliphatic heterocycles. The lowest BCUT2D eigenvalue weighted by Crippen LogP contribution is -2.18. The molecule has 16 heavy (non-hydrogen) atoms. The minimum absolute atomic E-state index is 0.220.